The maximum atomic E-state index is 13.2. The largest absolute Gasteiger partial charge is 0.486 e. The molecule has 0 N–H and O–H groups in total. The number of hydrogen-bond acceptors (Lipinski definition) is 5. The molecule has 1 aromatic carbocycles. The summed E-state index contributed by atoms with van der Waals surface area (Å²) in [6, 6.07) is 5.30. The number of rotatable bonds is 6. The lowest BCUT2D eigenvalue weighted by Gasteiger charge is -2.06. The van der Waals surface area contributed by atoms with Gasteiger partial charge in [-0.05, 0) is 19.1 Å². The number of benzene rings is 1. The summed E-state index contributed by atoms with van der Waals surface area (Å²) in [4.78, 5) is 22.3. The molecule has 0 atom stereocenters. The Bertz CT molecular complexity index is 522. The highest BCUT2D eigenvalue weighted by atomic mass is 19.1. The van der Waals surface area contributed by atoms with Gasteiger partial charge in [-0.15, -0.1) is 0 Å². The number of ketones is 1. The van der Waals surface area contributed by atoms with E-state index in [0.29, 0.717) is 0 Å². The standard InChI is InChI=1S/C13H12FNO4/c1-2-18-13(17)5-10(16)8-19-11-4-3-9(7-15)12(14)6-11/h3-4,6H,2,5,8H2,1H3. The molecule has 1 rings (SSSR count). The molecule has 0 radical (unpaired) electrons. The van der Waals surface area contributed by atoms with Crippen LogP contribution in [0.5, 0.6) is 5.75 Å². The van der Waals surface area contributed by atoms with Crippen LogP contribution in [0.1, 0.15) is 18.9 Å². The molecule has 0 saturated carbocycles. The third kappa shape index (κ3) is 4.76. The Hall–Kier alpha value is -2.42. The summed E-state index contributed by atoms with van der Waals surface area (Å²) in [5.74, 6) is -1.70. The van der Waals surface area contributed by atoms with Gasteiger partial charge in [0.25, 0.3) is 0 Å². The van der Waals surface area contributed by atoms with E-state index < -0.39 is 17.6 Å². The third-order valence-corrected chi connectivity index (χ3v) is 2.11. The number of nitrogens with zero attached hydrogens (tertiary/aromatic N) is 1. The first-order chi connectivity index (χ1) is 9.06. The molecule has 1 aromatic rings. The number of Topliss-reactive ketones (excluding diaryl/α,β-unsaturated/α-hetero) is 1. The van der Waals surface area contributed by atoms with Crippen LogP contribution in [0.25, 0.3) is 0 Å². The van der Waals surface area contributed by atoms with E-state index in [9.17, 15) is 14.0 Å². The Morgan fingerprint density at radius 3 is 2.74 bits per heavy atom. The Kier molecular flexibility index (Phi) is 5.48. The van der Waals surface area contributed by atoms with Gasteiger partial charge >= 0.3 is 5.97 Å². The van der Waals surface area contributed by atoms with Crippen LogP contribution in [0.2, 0.25) is 0 Å². The molecule has 0 bridgehead atoms. The van der Waals surface area contributed by atoms with Crippen LogP contribution in [-0.2, 0) is 14.3 Å². The number of carbonyl (C=O) groups is 2. The Balaban J connectivity index is 2.49. The first-order valence-corrected chi connectivity index (χ1v) is 5.56. The van der Waals surface area contributed by atoms with Crippen LogP contribution in [0.15, 0.2) is 18.2 Å². The summed E-state index contributed by atoms with van der Waals surface area (Å²) in [6.07, 6.45) is -0.382. The second kappa shape index (κ2) is 7.11. The normalized spacial score (nSPS) is 9.53. The number of halogens is 1. The minimum absolute atomic E-state index is 0.106. The van der Waals surface area contributed by atoms with Gasteiger partial charge in [-0.3, -0.25) is 9.59 Å². The van der Waals surface area contributed by atoms with Gasteiger partial charge in [0.05, 0.1) is 12.2 Å². The number of ether oxygens (including phenoxy) is 2. The molecule has 0 aliphatic rings. The van der Waals surface area contributed by atoms with Gasteiger partial charge in [-0.25, -0.2) is 4.39 Å². The van der Waals surface area contributed by atoms with Crippen LogP contribution in [-0.4, -0.2) is 25.0 Å². The van der Waals surface area contributed by atoms with Crippen LogP contribution in [0.4, 0.5) is 4.39 Å². The molecule has 19 heavy (non-hydrogen) atoms. The van der Waals surface area contributed by atoms with E-state index in [1.165, 1.54) is 12.1 Å². The average molecular weight is 265 g/mol. The predicted molar refractivity (Wildman–Crippen MR) is 62.9 cm³/mol. The van der Waals surface area contributed by atoms with Gasteiger partial charge in [0.2, 0.25) is 0 Å². The van der Waals surface area contributed by atoms with Gasteiger partial charge in [-0.2, -0.15) is 5.26 Å². The molecule has 5 nitrogen and oxygen atoms in total. The first-order valence-electron chi connectivity index (χ1n) is 5.56. The van der Waals surface area contributed by atoms with Crippen LogP contribution in [0.3, 0.4) is 0 Å². The number of nitriles is 1. The number of hydrogen-bond donors (Lipinski definition) is 0. The zero-order chi connectivity index (χ0) is 14.3. The molecule has 0 aromatic heterocycles. The third-order valence-electron chi connectivity index (χ3n) is 2.11. The molecule has 0 amide bonds. The quantitative estimate of drug-likeness (QED) is 0.576. The van der Waals surface area contributed by atoms with Crippen molar-refractivity contribution in [2.75, 3.05) is 13.2 Å². The smallest absolute Gasteiger partial charge is 0.313 e. The lowest BCUT2D eigenvalue weighted by atomic mass is 10.2. The summed E-state index contributed by atoms with van der Waals surface area (Å²) < 4.78 is 22.8. The van der Waals surface area contributed by atoms with Crippen molar-refractivity contribution < 1.29 is 23.5 Å². The van der Waals surface area contributed by atoms with Crippen molar-refractivity contribution >= 4 is 11.8 Å². The molecule has 0 spiro atoms. The molecule has 0 heterocycles. The van der Waals surface area contributed by atoms with Crippen LogP contribution in [0, 0.1) is 17.1 Å². The first kappa shape index (κ1) is 14.6. The maximum Gasteiger partial charge on any atom is 0.313 e. The van der Waals surface area contributed by atoms with E-state index in [0.717, 1.165) is 6.07 Å². The molecule has 0 aliphatic carbocycles. The average Bonchev–Trinajstić information content (AvgIpc) is 2.36. The highest BCUT2D eigenvalue weighted by molar-refractivity contribution is 5.96. The monoisotopic (exact) mass is 265 g/mol. The minimum Gasteiger partial charge on any atom is -0.486 e. The predicted octanol–water partition coefficient (Wildman–Crippen LogP) is 1.60. The summed E-state index contributed by atoms with van der Waals surface area (Å²) >= 11 is 0. The van der Waals surface area contributed by atoms with Crippen molar-refractivity contribution in [1.29, 1.82) is 5.26 Å². The molecular formula is C13H12FNO4. The second-order valence-corrected chi connectivity index (χ2v) is 3.56. The minimum atomic E-state index is -0.724. The number of carbonyl (C=O) groups excluding carboxylic acids is 2. The van der Waals surface area contributed by atoms with Gasteiger partial charge in [0, 0.05) is 6.07 Å². The molecule has 100 valence electrons. The van der Waals surface area contributed by atoms with E-state index in [1.807, 2.05) is 0 Å². The van der Waals surface area contributed by atoms with Crippen molar-refractivity contribution in [3.63, 3.8) is 0 Å². The molecule has 0 saturated heterocycles. The Labute approximate surface area is 109 Å². The Morgan fingerprint density at radius 1 is 1.42 bits per heavy atom. The van der Waals surface area contributed by atoms with E-state index in [4.69, 9.17) is 10.00 Å². The van der Waals surface area contributed by atoms with E-state index in [1.54, 1.807) is 13.0 Å². The molecule has 0 fully saturated rings. The van der Waals surface area contributed by atoms with Crippen molar-refractivity contribution in [3.05, 3.63) is 29.6 Å². The van der Waals surface area contributed by atoms with Crippen LogP contribution < -0.4 is 4.74 Å². The van der Waals surface area contributed by atoms with E-state index in [-0.39, 0.29) is 30.9 Å². The lowest BCUT2D eigenvalue weighted by molar-refractivity contribution is -0.145. The molecule has 0 aliphatic heterocycles. The highest BCUT2D eigenvalue weighted by Gasteiger charge is 2.11. The fourth-order valence-corrected chi connectivity index (χ4v) is 1.26. The highest BCUT2D eigenvalue weighted by Crippen LogP contribution is 2.15. The fourth-order valence-electron chi connectivity index (χ4n) is 1.26. The van der Waals surface area contributed by atoms with Gasteiger partial charge in [0.15, 0.2) is 5.78 Å². The van der Waals surface area contributed by atoms with Crippen molar-refractivity contribution in [2.45, 2.75) is 13.3 Å². The van der Waals surface area contributed by atoms with Gasteiger partial charge in [-0.1, -0.05) is 0 Å². The van der Waals surface area contributed by atoms with Gasteiger partial charge < -0.3 is 9.47 Å². The lowest BCUT2D eigenvalue weighted by Crippen LogP contribution is -2.17. The Morgan fingerprint density at radius 2 is 2.16 bits per heavy atom. The maximum absolute atomic E-state index is 13.2. The molecule has 6 heteroatoms. The molecule has 0 unspecified atom stereocenters. The van der Waals surface area contributed by atoms with Gasteiger partial charge in [0.1, 0.15) is 30.7 Å². The second-order valence-electron chi connectivity index (χ2n) is 3.56. The van der Waals surface area contributed by atoms with Crippen molar-refractivity contribution in [3.8, 4) is 11.8 Å². The van der Waals surface area contributed by atoms with Crippen molar-refractivity contribution in [2.24, 2.45) is 0 Å². The summed E-state index contributed by atoms with van der Waals surface area (Å²) in [5, 5.41) is 8.54. The SMILES string of the molecule is CCOC(=O)CC(=O)COc1ccc(C#N)c(F)c1. The van der Waals surface area contributed by atoms with Crippen molar-refractivity contribution in [1.82, 2.24) is 0 Å². The number of esters is 1. The van der Waals surface area contributed by atoms with Crippen LogP contribution >= 0.6 is 0 Å². The summed E-state index contributed by atoms with van der Waals surface area (Å²) in [6.45, 7) is 1.48. The zero-order valence-corrected chi connectivity index (χ0v) is 10.3. The fraction of sp³-hybridized carbons (Fsp3) is 0.308. The van der Waals surface area contributed by atoms with E-state index >= 15 is 0 Å². The summed E-state index contributed by atoms with van der Waals surface area (Å²) in [5.41, 5.74) is -0.106. The summed E-state index contributed by atoms with van der Waals surface area (Å²) in [7, 11) is 0. The van der Waals surface area contributed by atoms with E-state index in [2.05, 4.69) is 4.74 Å². The molecular weight excluding hydrogens is 253 g/mol. The zero-order valence-electron chi connectivity index (χ0n) is 10.3. The topological polar surface area (TPSA) is 76.4 Å².